The highest BCUT2D eigenvalue weighted by molar-refractivity contribution is 5.40. The van der Waals surface area contributed by atoms with Crippen LogP contribution in [0, 0.1) is 0 Å². The smallest absolute Gasteiger partial charge is 0.416 e. The van der Waals surface area contributed by atoms with Gasteiger partial charge >= 0.3 is 6.18 Å². The lowest BCUT2D eigenvalue weighted by molar-refractivity contribution is -0.137. The molecule has 1 aliphatic heterocycles. The van der Waals surface area contributed by atoms with Gasteiger partial charge in [-0.25, -0.2) is 0 Å². The van der Waals surface area contributed by atoms with Crippen LogP contribution in [-0.4, -0.2) is 18.8 Å². The second kappa shape index (κ2) is 6.26. The molecule has 5 heteroatoms. The third-order valence-corrected chi connectivity index (χ3v) is 3.75. The number of hydrogen-bond donors (Lipinski definition) is 0. The van der Waals surface area contributed by atoms with Gasteiger partial charge in [0.15, 0.2) is 0 Å². The van der Waals surface area contributed by atoms with Crippen LogP contribution in [0.5, 0.6) is 5.75 Å². The number of halogens is 3. The molecule has 0 spiro atoms. The van der Waals surface area contributed by atoms with E-state index < -0.39 is 11.7 Å². The SMILES string of the molecule is CCCOc1ccc(C(F)(F)F)cc1C(C)CC1OC1C. The predicted octanol–water partition coefficient (Wildman–Crippen LogP) is 4.78. The van der Waals surface area contributed by atoms with Crippen molar-refractivity contribution in [2.24, 2.45) is 0 Å². The quantitative estimate of drug-likeness (QED) is 0.706. The van der Waals surface area contributed by atoms with E-state index in [1.54, 1.807) is 0 Å². The fraction of sp³-hybridized carbons (Fsp3) is 0.625. The molecule has 21 heavy (non-hydrogen) atoms. The van der Waals surface area contributed by atoms with E-state index in [-0.39, 0.29) is 18.1 Å². The van der Waals surface area contributed by atoms with E-state index in [9.17, 15) is 13.2 Å². The fourth-order valence-electron chi connectivity index (χ4n) is 2.41. The van der Waals surface area contributed by atoms with Crippen molar-refractivity contribution in [2.75, 3.05) is 6.61 Å². The summed E-state index contributed by atoms with van der Waals surface area (Å²) in [6.07, 6.45) is -2.45. The molecule has 1 aromatic carbocycles. The third kappa shape index (κ3) is 4.13. The summed E-state index contributed by atoms with van der Waals surface area (Å²) in [5.41, 5.74) is -0.0149. The summed E-state index contributed by atoms with van der Waals surface area (Å²) in [4.78, 5) is 0. The monoisotopic (exact) mass is 302 g/mol. The molecule has 0 N–H and O–H groups in total. The largest absolute Gasteiger partial charge is 0.493 e. The van der Waals surface area contributed by atoms with Crippen molar-refractivity contribution < 1.29 is 22.6 Å². The molecule has 0 aromatic heterocycles. The predicted molar refractivity (Wildman–Crippen MR) is 74.6 cm³/mol. The topological polar surface area (TPSA) is 21.8 Å². The van der Waals surface area contributed by atoms with Crippen molar-refractivity contribution in [1.29, 1.82) is 0 Å². The Morgan fingerprint density at radius 3 is 2.52 bits per heavy atom. The zero-order chi connectivity index (χ0) is 15.6. The van der Waals surface area contributed by atoms with Gasteiger partial charge in [-0.15, -0.1) is 0 Å². The summed E-state index contributed by atoms with van der Waals surface area (Å²) in [6, 6.07) is 3.72. The molecule has 3 atom stereocenters. The van der Waals surface area contributed by atoms with Crippen molar-refractivity contribution in [3.8, 4) is 5.75 Å². The van der Waals surface area contributed by atoms with Crippen LogP contribution >= 0.6 is 0 Å². The van der Waals surface area contributed by atoms with Crippen LogP contribution in [0.2, 0.25) is 0 Å². The van der Waals surface area contributed by atoms with Crippen LogP contribution in [0.4, 0.5) is 13.2 Å². The summed E-state index contributed by atoms with van der Waals surface area (Å²) in [7, 11) is 0. The van der Waals surface area contributed by atoms with Crippen LogP contribution in [-0.2, 0) is 10.9 Å². The average molecular weight is 302 g/mol. The Labute approximate surface area is 123 Å². The molecule has 1 aromatic rings. The Morgan fingerprint density at radius 1 is 1.33 bits per heavy atom. The van der Waals surface area contributed by atoms with Crippen molar-refractivity contribution in [1.82, 2.24) is 0 Å². The summed E-state index contributed by atoms with van der Waals surface area (Å²) < 4.78 is 49.6. The molecule has 2 nitrogen and oxygen atoms in total. The maximum atomic E-state index is 12.9. The van der Waals surface area contributed by atoms with Crippen LogP contribution in [0.3, 0.4) is 0 Å². The van der Waals surface area contributed by atoms with Crippen molar-refractivity contribution in [3.05, 3.63) is 29.3 Å². The lowest BCUT2D eigenvalue weighted by Gasteiger charge is -2.18. The van der Waals surface area contributed by atoms with Crippen LogP contribution in [0.15, 0.2) is 18.2 Å². The van der Waals surface area contributed by atoms with Gasteiger partial charge in [-0.1, -0.05) is 13.8 Å². The molecule has 1 saturated heterocycles. The first-order valence-corrected chi connectivity index (χ1v) is 7.32. The molecule has 0 radical (unpaired) electrons. The summed E-state index contributed by atoms with van der Waals surface area (Å²) in [5, 5.41) is 0. The molecule has 1 heterocycles. The van der Waals surface area contributed by atoms with Crippen molar-refractivity contribution in [2.45, 2.75) is 57.9 Å². The molecule has 0 aliphatic carbocycles. The van der Waals surface area contributed by atoms with E-state index in [0.717, 1.165) is 12.5 Å². The van der Waals surface area contributed by atoms with E-state index in [2.05, 4.69) is 0 Å². The van der Waals surface area contributed by atoms with Gasteiger partial charge in [0.2, 0.25) is 0 Å². The minimum Gasteiger partial charge on any atom is -0.493 e. The maximum Gasteiger partial charge on any atom is 0.416 e. The fourth-order valence-corrected chi connectivity index (χ4v) is 2.41. The molecule has 1 aliphatic rings. The van der Waals surface area contributed by atoms with Gasteiger partial charge in [0.05, 0.1) is 24.4 Å². The number of alkyl halides is 3. The van der Waals surface area contributed by atoms with Gasteiger partial charge in [-0.2, -0.15) is 13.2 Å². The van der Waals surface area contributed by atoms with Gasteiger partial charge in [-0.05, 0) is 49.4 Å². The number of rotatable bonds is 6. The second-order valence-corrected chi connectivity index (χ2v) is 5.62. The first-order chi connectivity index (χ1) is 9.82. The van der Waals surface area contributed by atoms with Gasteiger partial charge in [0, 0.05) is 0 Å². The Bertz CT molecular complexity index is 485. The zero-order valence-electron chi connectivity index (χ0n) is 12.5. The first kappa shape index (κ1) is 16.1. The summed E-state index contributed by atoms with van der Waals surface area (Å²) in [5.74, 6) is 0.514. The number of benzene rings is 1. The molecule has 1 fully saturated rings. The Morgan fingerprint density at radius 2 is 2.00 bits per heavy atom. The lowest BCUT2D eigenvalue weighted by atomic mass is 9.93. The Balaban J connectivity index is 2.23. The van der Waals surface area contributed by atoms with Crippen LogP contribution in [0.25, 0.3) is 0 Å². The van der Waals surface area contributed by atoms with E-state index in [4.69, 9.17) is 9.47 Å². The second-order valence-electron chi connectivity index (χ2n) is 5.62. The molecule has 0 bridgehead atoms. The molecule has 3 unspecified atom stereocenters. The van der Waals surface area contributed by atoms with Crippen LogP contribution in [0.1, 0.15) is 50.7 Å². The van der Waals surface area contributed by atoms with Gasteiger partial charge in [0.25, 0.3) is 0 Å². The molecular formula is C16H21F3O2. The number of epoxide rings is 1. The first-order valence-electron chi connectivity index (χ1n) is 7.32. The van der Waals surface area contributed by atoms with E-state index in [1.165, 1.54) is 12.1 Å². The van der Waals surface area contributed by atoms with Crippen molar-refractivity contribution in [3.63, 3.8) is 0 Å². The van der Waals surface area contributed by atoms with E-state index >= 15 is 0 Å². The lowest BCUT2D eigenvalue weighted by Crippen LogP contribution is -2.09. The molecular weight excluding hydrogens is 281 g/mol. The maximum absolute atomic E-state index is 12.9. The van der Waals surface area contributed by atoms with E-state index in [1.807, 2.05) is 20.8 Å². The molecule has 0 saturated carbocycles. The van der Waals surface area contributed by atoms with Crippen molar-refractivity contribution >= 4 is 0 Å². The Hall–Kier alpha value is -1.23. The summed E-state index contributed by atoms with van der Waals surface area (Å²) in [6.45, 7) is 6.36. The third-order valence-electron chi connectivity index (χ3n) is 3.75. The highest BCUT2D eigenvalue weighted by atomic mass is 19.4. The number of hydrogen-bond acceptors (Lipinski definition) is 2. The van der Waals surface area contributed by atoms with Crippen LogP contribution < -0.4 is 4.74 Å². The minimum atomic E-state index is -4.33. The Kier molecular flexibility index (Phi) is 4.81. The number of ether oxygens (including phenoxy) is 2. The average Bonchev–Trinajstić information content (AvgIpc) is 3.10. The molecule has 2 rings (SSSR count). The highest BCUT2D eigenvalue weighted by Crippen LogP contribution is 2.39. The van der Waals surface area contributed by atoms with Gasteiger partial charge in [-0.3, -0.25) is 0 Å². The van der Waals surface area contributed by atoms with E-state index in [0.29, 0.717) is 24.3 Å². The molecule has 118 valence electrons. The molecule has 0 amide bonds. The minimum absolute atomic E-state index is 0.0332. The zero-order valence-corrected chi connectivity index (χ0v) is 12.5. The van der Waals surface area contributed by atoms with Gasteiger partial charge in [0.1, 0.15) is 5.75 Å². The standard InChI is InChI=1S/C16H21F3O2/c1-4-7-20-14-6-5-12(16(17,18)19)9-13(14)10(2)8-15-11(3)21-15/h5-6,9-11,15H,4,7-8H2,1-3H3. The van der Waals surface area contributed by atoms with Gasteiger partial charge < -0.3 is 9.47 Å². The normalized spacial score (nSPS) is 23.0. The highest BCUT2D eigenvalue weighted by Gasteiger charge is 2.37. The summed E-state index contributed by atoms with van der Waals surface area (Å²) >= 11 is 0.